The van der Waals surface area contributed by atoms with E-state index in [1.165, 1.54) is 6.20 Å². The highest BCUT2D eigenvalue weighted by Gasteiger charge is 2.06. The fourth-order valence-corrected chi connectivity index (χ4v) is 1.71. The monoisotopic (exact) mass is 260 g/mol. The van der Waals surface area contributed by atoms with Gasteiger partial charge in [0.1, 0.15) is 5.15 Å². The highest BCUT2D eigenvalue weighted by molar-refractivity contribution is 6.29. The van der Waals surface area contributed by atoms with Crippen LogP contribution in [0.4, 0.5) is 0 Å². The van der Waals surface area contributed by atoms with Crippen LogP contribution in [0.5, 0.6) is 0 Å². The molecular formula is C14H13ClN2O. The lowest BCUT2D eigenvalue weighted by atomic mass is 10.1. The van der Waals surface area contributed by atoms with Crippen LogP contribution in [0.15, 0.2) is 42.6 Å². The Labute approximate surface area is 111 Å². The van der Waals surface area contributed by atoms with Crippen LogP contribution < -0.4 is 5.32 Å². The number of aryl methyl sites for hydroxylation is 1. The van der Waals surface area contributed by atoms with Crippen LogP contribution in [-0.4, -0.2) is 10.9 Å². The Balaban J connectivity index is 2.01. The number of halogens is 1. The molecule has 1 N–H and O–H groups in total. The van der Waals surface area contributed by atoms with E-state index in [1.54, 1.807) is 12.1 Å². The summed E-state index contributed by atoms with van der Waals surface area (Å²) in [6.07, 6.45) is 1.47. The highest BCUT2D eigenvalue weighted by Crippen LogP contribution is 2.08. The van der Waals surface area contributed by atoms with Crippen molar-refractivity contribution >= 4 is 17.5 Å². The van der Waals surface area contributed by atoms with Crippen molar-refractivity contribution in [2.45, 2.75) is 13.5 Å². The lowest BCUT2D eigenvalue weighted by Gasteiger charge is -2.07. The summed E-state index contributed by atoms with van der Waals surface area (Å²) in [6.45, 7) is 2.53. The first-order valence-electron chi connectivity index (χ1n) is 5.61. The molecule has 0 aliphatic heterocycles. The number of hydrogen-bond acceptors (Lipinski definition) is 2. The second-order valence-electron chi connectivity index (χ2n) is 3.98. The van der Waals surface area contributed by atoms with Crippen molar-refractivity contribution in [3.05, 3.63) is 64.4 Å². The first kappa shape index (κ1) is 12.6. The standard InChI is InChI=1S/C14H13ClN2O/c1-10-4-2-3-5-11(10)8-17-14(18)12-6-7-13(15)16-9-12/h2-7,9H,8H2,1H3,(H,17,18). The van der Waals surface area contributed by atoms with E-state index in [9.17, 15) is 4.79 Å². The number of pyridine rings is 1. The number of hydrogen-bond donors (Lipinski definition) is 1. The number of benzene rings is 1. The molecule has 1 heterocycles. The number of aromatic nitrogens is 1. The van der Waals surface area contributed by atoms with Crippen molar-refractivity contribution in [1.82, 2.24) is 10.3 Å². The van der Waals surface area contributed by atoms with E-state index in [4.69, 9.17) is 11.6 Å². The van der Waals surface area contributed by atoms with Gasteiger partial charge in [-0.05, 0) is 30.2 Å². The largest absolute Gasteiger partial charge is 0.348 e. The Bertz CT molecular complexity index is 552. The van der Waals surface area contributed by atoms with E-state index in [-0.39, 0.29) is 5.91 Å². The zero-order chi connectivity index (χ0) is 13.0. The summed E-state index contributed by atoms with van der Waals surface area (Å²) in [5.41, 5.74) is 2.77. The quantitative estimate of drug-likeness (QED) is 0.862. The van der Waals surface area contributed by atoms with Crippen LogP contribution in [0.3, 0.4) is 0 Å². The summed E-state index contributed by atoms with van der Waals surface area (Å²) in [6, 6.07) is 11.2. The molecule has 0 spiro atoms. The first-order valence-corrected chi connectivity index (χ1v) is 5.99. The van der Waals surface area contributed by atoms with E-state index in [0.717, 1.165) is 11.1 Å². The molecule has 1 aromatic heterocycles. The van der Waals surface area contributed by atoms with Gasteiger partial charge in [-0.3, -0.25) is 4.79 Å². The van der Waals surface area contributed by atoms with E-state index in [1.807, 2.05) is 31.2 Å². The zero-order valence-corrected chi connectivity index (χ0v) is 10.7. The van der Waals surface area contributed by atoms with Crippen LogP contribution in [0, 0.1) is 6.92 Å². The molecule has 0 aliphatic carbocycles. The Kier molecular flexibility index (Phi) is 3.95. The number of carbonyl (C=O) groups excluding carboxylic acids is 1. The van der Waals surface area contributed by atoms with Crippen LogP contribution >= 0.6 is 11.6 Å². The van der Waals surface area contributed by atoms with E-state index < -0.39 is 0 Å². The minimum Gasteiger partial charge on any atom is -0.348 e. The van der Waals surface area contributed by atoms with E-state index in [2.05, 4.69) is 10.3 Å². The Morgan fingerprint density at radius 3 is 2.72 bits per heavy atom. The predicted octanol–water partition coefficient (Wildman–Crippen LogP) is 2.97. The molecule has 0 fully saturated rings. The Hall–Kier alpha value is -1.87. The van der Waals surface area contributed by atoms with E-state index >= 15 is 0 Å². The molecule has 0 radical (unpaired) electrons. The maximum absolute atomic E-state index is 11.8. The minimum atomic E-state index is -0.151. The van der Waals surface area contributed by atoms with Gasteiger partial charge in [0, 0.05) is 12.7 Å². The molecule has 1 amide bonds. The number of nitrogens with zero attached hydrogens (tertiary/aromatic N) is 1. The van der Waals surface area contributed by atoms with Crippen LogP contribution in [0.25, 0.3) is 0 Å². The first-order chi connectivity index (χ1) is 8.66. The van der Waals surface area contributed by atoms with E-state index in [0.29, 0.717) is 17.3 Å². The van der Waals surface area contributed by atoms with Gasteiger partial charge in [-0.1, -0.05) is 35.9 Å². The smallest absolute Gasteiger partial charge is 0.253 e. The van der Waals surface area contributed by atoms with Gasteiger partial charge in [0.15, 0.2) is 0 Å². The molecular weight excluding hydrogens is 248 g/mol. The molecule has 92 valence electrons. The second-order valence-corrected chi connectivity index (χ2v) is 4.37. The lowest BCUT2D eigenvalue weighted by Crippen LogP contribution is -2.23. The second kappa shape index (κ2) is 5.65. The molecule has 3 nitrogen and oxygen atoms in total. The van der Waals surface area contributed by atoms with Crippen LogP contribution in [-0.2, 0) is 6.54 Å². The fourth-order valence-electron chi connectivity index (χ4n) is 1.60. The van der Waals surface area contributed by atoms with Gasteiger partial charge < -0.3 is 5.32 Å². The summed E-state index contributed by atoms with van der Waals surface area (Å²) >= 11 is 5.67. The molecule has 0 unspecified atom stereocenters. The number of amides is 1. The topological polar surface area (TPSA) is 42.0 Å². The van der Waals surface area contributed by atoms with Gasteiger partial charge in [-0.25, -0.2) is 4.98 Å². The average Bonchev–Trinajstić information content (AvgIpc) is 2.38. The van der Waals surface area contributed by atoms with Gasteiger partial charge in [0.05, 0.1) is 5.56 Å². The van der Waals surface area contributed by atoms with Crippen molar-refractivity contribution in [2.75, 3.05) is 0 Å². The summed E-state index contributed by atoms with van der Waals surface area (Å²) in [5, 5.41) is 3.23. The SMILES string of the molecule is Cc1ccccc1CNC(=O)c1ccc(Cl)nc1. The maximum atomic E-state index is 11.8. The summed E-state index contributed by atoms with van der Waals surface area (Å²) in [4.78, 5) is 15.7. The van der Waals surface area contributed by atoms with Crippen molar-refractivity contribution in [1.29, 1.82) is 0 Å². The molecule has 0 aliphatic rings. The molecule has 4 heteroatoms. The third-order valence-corrected chi connectivity index (χ3v) is 2.91. The maximum Gasteiger partial charge on any atom is 0.253 e. The third kappa shape index (κ3) is 3.08. The van der Waals surface area contributed by atoms with Gasteiger partial charge >= 0.3 is 0 Å². The average molecular weight is 261 g/mol. The number of carbonyl (C=O) groups is 1. The Morgan fingerprint density at radius 1 is 1.28 bits per heavy atom. The van der Waals surface area contributed by atoms with Gasteiger partial charge in [-0.15, -0.1) is 0 Å². The molecule has 1 aromatic carbocycles. The summed E-state index contributed by atoms with van der Waals surface area (Å²) < 4.78 is 0. The number of rotatable bonds is 3. The van der Waals surface area contributed by atoms with Crippen molar-refractivity contribution in [3.8, 4) is 0 Å². The molecule has 0 bridgehead atoms. The Morgan fingerprint density at radius 2 is 2.06 bits per heavy atom. The lowest BCUT2D eigenvalue weighted by molar-refractivity contribution is 0.0950. The molecule has 0 saturated heterocycles. The van der Waals surface area contributed by atoms with Crippen molar-refractivity contribution < 1.29 is 4.79 Å². The zero-order valence-electron chi connectivity index (χ0n) is 9.98. The van der Waals surface area contributed by atoms with Gasteiger partial charge in [0.2, 0.25) is 0 Å². The van der Waals surface area contributed by atoms with Crippen molar-refractivity contribution in [3.63, 3.8) is 0 Å². The van der Waals surface area contributed by atoms with Crippen LogP contribution in [0.1, 0.15) is 21.5 Å². The molecule has 0 atom stereocenters. The molecule has 0 saturated carbocycles. The third-order valence-electron chi connectivity index (χ3n) is 2.69. The molecule has 2 aromatic rings. The van der Waals surface area contributed by atoms with Crippen LogP contribution in [0.2, 0.25) is 5.15 Å². The normalized spacial score (nSPS) is 10.1. The highest BCUT2D eigenvalue weighted by atomic mass is 35.5. The predicted molar refractivity (Wildman–Crippen MR) is 71.6 cm³/mol. The van der Waals surface area contributed by atoms with Gasteiger partial charge in [-0.2, -0.15) is 0 Å². The fraction of sp³-hybridized carbons (Fsp3) is 0.143. The summed E-state index contributed by atoms with van der Waals surface area (Å²) in [5.74, 6) is -0.151. The number of nitrogens with one attached hydrogen (secondary N) is 1. The molecule has 2 rings (SSSR count). The minimum absolute atomic E-state index is 0.151. The van der Waals surface area contributed by atoms with Gasteiger partial charge in [0.25, 0.3) is 5.91 Å². The summed E-state index contributed by atoms with van der Waals surface area (Å²) in [7, 11) is 0. The molecule has 18 heavy (non-hydrogen) atoms. The van der Waals surface area contributed by atoms with Crippen molar-refractivity contribution in [2.24, 2.45) is 0 Å².